The number of anilines is 2. The molecule has 2 aromatic rings. The smallest absolute Gasteiger partial charge is 0.305 e. The maximum atomic E-state index is 11.2. The van der Waals surface area contributed by atoms with Gasteiger partial charge >= 0.3 is 5.97 Å². The Morgan fingerprint density at radius 3 is 2.62 bits per heavy atom. The molecule has 1 aliphatic heterocycles. The molecule has 108 valence electrons. The first-order valence-corrected chi connectivity index (χ1v) is 7.09. The summed E-state index contributed by atoms with van der Waals surface area (Å²) in [4.78, 5) is 13.4. The number of carboxylic acids is 1. The van der Waals surface area contributed by atoms with Crippen LogP contribution in [0.15, 0.2) is 54.6 Å². The molecule has 0 bridgehead atoms. The standard InChI is InChI=1S/C17H18N2O2/c20-17(21)11-14(10-13-6-2-1-3-7-13)19-12-18-15-8-4-5-9-16(15)19/h1-9,14,18H,10-12H2,(H,20,21)/t14-/m1/s1. The fourth-order valence-electron chi connectivity index (χ4n) is 2.84. The van der Waals surface area contributed by atoms with Crippen LogP contribution in [-0.4, -0.2) is 23.8 Å². The Morgan fingerprint density at radius 2 is 1.86 bits per heavy atom. The number of fused-ring (bicyclic) bond motifs is 1. The molecule has 2 aromatic carbocycles. The summed E-state index contributed by atoms with van der Waals surface area (Å²) in [6, 6.07) is 18.0. The second kappa shape index (κ2) is 5.87. The quantitative estimate of drug-likeness (QED) is 0.885. The molecule has 0 saturated heterocycles. The minimum absolute atomic E-state index is 0.0546. The Labute approximate surface area is 124 Å². The van der Waals surface area contributed by atoms with Crippen LogP contribution in [0.4, 0.5) is 11.4 Å². The van der Waals surface area contributed by atoms with Gasteiger partial charge in [-0.25, -0.2) is 0 Å². The van der Waals surface area contributed by atoms with Crippen molar-refractivity contribution in [2.24, 2.45) is 0 Å². The summed E-state index contributed by atoms with van der Waals surface area (Å²) < 4.78 is 0. The monoisotopic (exact) mass is 282 g/mol. The van der Waals surface area contributed by atoms with E-state index in [4.69, 9.17) is 0 Å². The molecule has 0 aliphatic carbocycles. The average molecular weight is 282 g/mol. The predicted octanol–water partition coefficient (Wildman–Crippen LogP) is 2.96. The normalized spacial score (nSPS) is 14.4. The minimum Gasteiger partial charge on any atom is -0.481 e. The van der Waals surface area contributed by atoms with Crippen molar-refractivity contribution >= 4 is 17.3 Å². The molecule has 1 heterocycles. The van der Waals surface area contributed by atoms with E-state index in [-0.39, 0.29) is 12.5 Å². The first-order valence-electron chi connectivity index (χ1n) is 7.09. The Kier molecular flexibility index (Phi) is 3.77. The predicted molar refractivity (Wildman–Crippen MR) is 83.6 cm³/mol. The number of hydrogen-bond acceptors (Lipinski definition) is 3. The number of hydrogen-bond donors (Lipinski definition) is 2. The van der Waals surface area contributed by atoms with Crippen LogP contribution in [0, 0.1) is 0 Å². The van der Waals surface area contributed by atoms with E-state index >= 15 is 0 Å². The number of nitrogens with zero attached hydrogens (tertiary/aromatic N) is 1. The van der Waals surface area contributed by atoms with Crippen LogP contribution in [-0.2, 0) is 11.2 Å². The number of nitrogens with one attached hydrogen (secondary N) is 1. The third-order valence-corrected chi connectivity index (χ3v) is 3.82. The zero-order chi connectivity index (χ0) is 14.7. The highest BCUT2D eigenvalue weighted by atomic mass is 16.4. The fraction of sp³-hybridized carbons (Fsp3) is 0.235. The SMILES string of the molecule is O=C(O)C[C@@H](Cc1ccccc1)N1CNc2ccccc21. The van der Waals surface area contributed by atoms with Crippen molar-refractivity contribution in [3.05, 3.63) is 60.2 Å². The van der Waals surface area contributed by atoms with Crippen LogP contribution in [0.25, 0.3) is 0 Å². The number of carboxylic acid groups (broad SMARTS) is 1. The highest BCUT2D eigenvalue weighted by molar-refractivity contribution is 5.76. The van der Waals surface area contributed by atoms with Crippen LogP contribution >= 0.6 is 0 Å². The van der Waals surface area contributed by atoms with E-state index in [1.54, 1.807) is 0 Å². The van der Waals surface area contributed by atoms with Gasteiger partial charge in [0.1, 0.15) is 0 Å². The van der Waals surface area contributed by atoms with E-state index in [0.717, 1.165) is 23.4 Å². The maximum absolute atomic E-state index is 11.2. The summed E-state index contributed by atoms with van der Waals surface area (Å²) in [5, 5.41) is 12.5. The zero-order valence-electron chi connectivity index (χ0n) is 11.7. The minimum atomic E-state index is -0.764. The van der Waals surface area contributed by atoms with Gasteiger partial charge in [-0.3, -0.25) is 4.79 Å². The third-order valence-electron chi connectivity index (χ3n) is 3.82. The zero-order valence-corrected chi connectivity index (χ0v) is 11.7. The molecule has 3 rings (SSSR count). The van der Waals surface area contributed by atoms with Crippen LogP contribution in [0.3, 0.4) is 0 Å². The Balaban J connectivity index is 1.85. The van der Waals surface area contributed by atoms with Gasteiger partial charge < -0.3 is 15.3 Å². The van der Waals surface area contributed by atoms with Gasteiger partial charge in [-0.2, -0.15) is 0 Å². The summed E-state index contributed by atoms with van der Waals surface area (Å²) in [6.45, 7) is 0.657. The van der Waals surface area contributed by atoms with Crippen molar-refractivity contribution in [2.75, 3.05) is 16.9 Å². The Morgan fingerprint density at radius 1 is 1.14 bits per heavy atom. The number of aliphatic carboxylic acids is 1. The van der Waals surface area contributed by atoms with Crippen molar-refractivity contribution in [1.82, 2.24) is 0 Å². The van der Waals surface area contributed by atoms with Gasteiger partial charge in [0, 0.05) is 6.04 Å². The third kappa shape index (κ3) is 2.99. The molecule has 0 radical (unpaired) electrons. The molecule has 0 aromatic heterocycles. The van der Waals surface area contributed by atoms with E-state index in [0.29, 0.717) is 6.67 Å². The van der Waals surface area contributed by atoms with E-state index in [9.17, 15) is 9.90 Å². The van der Waals surface area contributed by atoms with Crippen LogP contribution in [0.2, 0.25) is 0 Å². The summed E-state index contributed by atoms with van der Waals surface area (Å²) in [7, 11) is 0. The number of carbonyl (C=O) groups is 1. The molecule has 4 nitrogen and oxygen atoms in total. The van der Waals surface area contributed by atoms with Gasteiger partial charge in [0.2, 0.25) is 0 Å². The van der Waals surface area contributed by atoms with Gasteiger partial charge in [-0.15, -0.1) is 0 Å². The largest absolute Gasteiger partial charge is 0.481 e. The van der Waals surface area contributed by atoms with Crippen molar-refractivity contribution in [3.8, 4) is 0 Å². The lowest BCUT2D eigenvalue weighted by Gasteiger charge is -2.28. The average Bonchev–Trinajstić information content (AvgIpc) is 2.91. The van der Waals surface area contributed by atoms with Gasteiger partial charge in [0.05, 0.1) is 24.5 Å². The first kappa shape index (κ1) is 13.5. The molecular formula is C17H18N2O2. The van der Waals surface area contributed by atoms with Crippen molar-refractivity contribution in [3.63, 3.8) is 0 Å². The molecule has 0 saturated carbocycles. The highest BCUT2D eigenvalue weighted by Gasteiger charge is 2.27. The molecule has 4 heteroatoms. The van der Waals surface area contributed by atoms with Crippen molar-refractivity contribution < 1.29 is 9.90 Å². The van der Waals surface area contributed by atoms with Gasteiger partial charge in [0.25, 0.3) is 0 Å². The molecule has 0 unspecified atom stereocenters. The molecule has 1 atom stereocenters. The van der Waals surface area contributed by atoms with Gasteiger partial charge in [-0.1, -0.05) is 42.5 Å². The molecular weight excluding hydrogens is 264 g/mol. The molecule has 0 spiro atoms. The van der Waals surface area contributed by atoms with E-state index < -0.39 is 5.97 Å². The van der Waals surface area contributed by atoms with Crippen LogP contribution in [0.1, 0.15) is 12.0 Å². The van der Waals surface area contributed by atoms with E-state index in [2.05, 4.69) is 10.2 Å². The van der Waals surface area contributed by atoms with Crippen LogP contribution in [0.5, 0.6) is 0 Å². The second-order valence-corrected chi connectivity index (χ2v) is 5.26. The lowest BCUT2D eigenvalue weighted by atomic mass is 10.0. The van der Waals surface area contributed by atoms with E-state index in [1.165, 1.54) is 0 Å². The lowest BCUT2D eigenvalue weighted by molar-refractivity contribution is -0.137. The molecule has 0 amide bonds. The van der Waals surface area contributed by atoms with E-state index in [1.807, 2.05) is 54.6 Å². The second-order valence-electron chi connectivity index (χ2n) is 5.26. The molecule has 21 heavy (non-hydrogen) atoms. The van der Waals surface area contributed by atoms with Crippen LogP contribution < -0.4 is 10.2 Å². The molecule has 1 aliphatic rings. The van der Waals surface area contributed by atoms with Gasteiger partial charge in [0.15, 0.2) is 0 Å². The highest BCUT2D eigenvalue weighted by Crippen LogP contribution is 2.33. The Hall–Kier alpha value is -2.49. The summed E-state index contributed by atoms with van der Waals surface area (Å²) in [5.74, 6) is -0.764. The lowest BCUT2D eigenvalue weighted by Crippen LogP contribution is -2.38. The number of para-hydroxylation sites is 2. The summed E-state index contributed by atoms with van der Waals surface area (Å²) in [5.41, 5.74) is 3.31. The number of benzene rings is 2. The van der Waals surface area contributed by atoms with Crippen molar-refractivity contribution in [2.45, 2.75) is 18.9 Å². The fourth-order valence-corrected chi connectivity index (χ4v) is 2.84. The maximum Gasteiger partial charge on any atom is 0.305 e. The topological polar surface area (TPSA) is 52.6 Å². The Bertz CT molecular complexity index is 628. The van der Waals surface area contributed by atoms with Gasteiger partial charge in [-0.05, 0) is 24.1 Å². The summed E-state index contributed by atoms with van der Waals surface area (Å²) >= 11 is 0. The molecule has 2 N–H and O–H groups in total. The summed E-state index contributed by atoms with van der Waals surface area (Å²) in [6.07, 6.45) is 0.855. The van der Waals surface area contributed by atoms with Crippen molar-refractivity contribution in [1.29, 1.82) is 0 Å². The number of rotatable bonds is 5. The molecule has 0 fully saturated rings. The first-order chi connectivity index (χ1) is 10.2.